The van der Waals surface area contributed by atoms with Crippen molar-refractivity contribution in [1.82, 2.24) is 0 Å². The van der Waals surface area contributed by atoms with Crippen LogP contribution in [-0.4, -0.2) is 32.3 Å². The van der Waals surface area contributed by atoms with E-state index < -0.39 is 32.3 Å². The Bertz CT molecular complexity index is 2130. The van der Waals surface area contributed by atoms with Gasteiger partial charge in [-0.05, 0) is 89.6 Å². The molecular weight excluding hydrogens is 665 g/mol. The Morgan fingerprint density at radius 3 is 0.680 bits per heavy atom. The lowest BCUT2D eigenvalue weighted by atomic mass is 9.84. The summed E-state index contributed by atoms with van der Waals surface area (Å²) in [5.74, 6) is 0. The van der Waals surface area contributed by atoms with E-state index >= 15 is 0 Å². The predicted octanol–water partition coefficient (Wildman–Crippen LogP) is 11.8. The van der Waals surface area contributed by atoms with Gasteiger partial charge in [0.1, 0.15) is 0 Å². The molecule has 0 radical (unpaired) electrons. The van der Waals surface area contributed by atoms with Crippen molar-refractivity contribution in [2.45, 2.75) is 78.6 Å². The van der Waals surface area contributed by atoms with Gasteiger partial charge in [0.05, 0.1) is 32.3 Å². The van der Waals surface area contributed by atoms with E-state index in [1.54, 1.807) is 20.7 Å². The lowest BCUT2D eigenvalue weighted by Gasteiger charge is -2.28. The fourth-order valence-corrected chi connectivity index (χ4v) is 14.7. The van der Waals surface area contributed by atoms with Crippen LogP contribution < -0.4 is 20.7 Å². The van der Waals surface area contributed by atoms with E-state index in [1.807, 2.05) is 0 Å². The molecule has 7 rings (SSSR count). The number of benzene rings is 7. The topological polar surface area (TPSA) is 0 Å². The molecule has 0 fully saturated rings. The monoisotopic (exact) mass is 718 g/mol. The molecule has 0 atom stereocenters. The van der Waals surface area contributed by atoms with Crippen molar-refractivity contribution in [2.24, 2.45) is 0 Å². The lowest BCUT2D eigenvalue weighted by Crippen LogP contribution is -2.43. The zero-order chi connectivity index (χ0) is 36.0. The van der Waals surface area contributed by atoms with Crippen LogP contribution >= 0.6 is 0 Å². The second-order valence-corrected chi connectivity index (χ2v) is 38.8. The van der Waals surface area contributed by atoms with Gasteiger partial charge in [-0.2, -0.15) is 0 Å². The maximum Gasteiger partial charge on any atom is 0.0784 e. The van der Waals surface area contributed by atoms with Gasteiger partial charge in [-0.3, -0.25) is 0 Å². The second kappa shape index (κ2) is 12.0. The first-order valence-corrected chi connectivity index (χ1v) is 32.5. The van der Waals surface area contributed by atoms with Gasteiger partial charge in [-0.25, -0.2) is 0 Å². The summed E-state index contributed by atoms with van der Waals surface area (Å²) in [6.07, 6.45) is 0. The largest absolute Gasteiger partial charge is 0.0784 e. The van der Waals surface area contributed by atoms with Crippen LogP contribution in [0.5, 0.6) is 0 Å². The summed E-state index contributed by atoms with van der Waals surface area (Å²) in [7, 11) is -6.64. The fraction of sp³-hybridized carbons (Fsp3) is 0.261. The van der Waals surface area contributed by atoms with Crippen LogP contribution in [-0.2, 0) is 0 Å². The van der Waals surface area contributed by atoms with E-state index in [9.17, 15) is 0 Å². The molecule has 0 aromatic heterocycles. The van der Waals surface area contributed by atoms with Gasteiger partial charge in [-0.1, -0.05) is 184 Å². The molecule has 0 aliphatic heterocycles. The molecule has 0 heterocycles. The Hall–Kier alpha value is -3.55. The van der Waals surface area contributed by atoms with Crippen LogP contribution in [0.2, 0.25) is 78.6 Å². The summed E-state index contributed by atoms with van der Waals surface area (Å²) in [5.41, 5.74) is 5.35. The van der Waals surface area contributed by atoms with Crippen LogP contribution in [0.25, 0.3) is 65.3 Å². The van der Waals surface area contributed by atoms with Crippen molar-refractivity contribution in [1.29, 1.82) is 0 Å². The first kappa shape index (κ1) is 34.9. The van der Waals surface area contributed by atoms with Gasteiger partial charge in [0.15, 0.2) is 0 Å². The summed E-state index contributed by atoms with van der Waals surface area (Å²) < 4.78 is 0. The van der Waals surface area contributed by atoms with Crippen molar-refractivity contribution in [2.75, 3.05) is 0 Å². The van der Waals surface area contributed by atoms with Crippen LogP contribution in [0.15, 0.2) is 109 Å². The quantitative estimate of drug-likeness (QED) is 0.119. The van der Waals surface area contributed by atoms with E-state index in [0.717, 1.165) is 0 Å². The van der Waals surface area contributed by atoms with Crippen molar-refractivity contribution in [3.05, 3.63) is 109 Å². The van der Waals surface area contributed by atoms with E-state index in [2.05, 4.69) is 188 Å². The van der Waals surface area contributed by atoms with Gasteiger partial charge in [0.2, 0.25) is 0 Å². The van der Waals surface area contributed by atoms with E-state index in [4.69, 9.17) is 0 Å². The van der Waals surface area contributed by atoms with Gasteiger partial charge in [0, 0.05) is 0 Å². The van der Waals surface area contributed by atoms with E-state index in [-0.39, 0.29) is 0 Å². The van der Waals surface area contributed by atoms with Gasteiger partial charge < -0.3 is 0 Å². The van der Waals surface area contributed by atoms with Gasteiger partial charge in [-0.15, -0.1) is 0 Å². The zero-order valence-corrected chi connectivity index (χ0v) is 36.4. The molecule has 7 aromatic carbocycles. The molecule has 0 saturated carbocycles. The van der Waals surface area contributed by atoms with Gasteiger partial charge in [0.25, 0.3) is 0 Å². The number of rotatable bonds is 6. The Labute approximate surface area is 304 Å². The van der Waals surface area contributed by atoms with E-state index in [0.29, 0.717) is 0 Å². The third-order valence-electron chi connectivity index (χ3n) is 10.7. The van der Waals surface area contributed by atoms with Crippen molar-refractivity contribution >= 4 is 96.1 Å². The Morgan fingerprint density at radius 1 is 0.260 bits per heavy atom. The minimum absolute atomic E-state index is 1.30. The molecule has 0 amide bonds. The van der Waals surface area contributed by atoms with Crippen molar-refractivity contribution in [3.63, 3.8) is 0 Å². The maximum absolute atomic E-state index is 2.62. The molecule has 4 heteroatoms. The minimum Gasteiger partial charge on any atom is -0.0656 e. The molecular formula is C46H54Si4. The fourth-order valence-electron chi connectivity index (χ4n) is 8.35. The number of hydrogen-bond acceptors (Lipinski definition) is 0. The molecule has 0 spiro atoms. The number of fused-ring (bicyclic) bond motifs is 4. The normalized spacial score (nSPS) is 13.2. The summed E-state index contributed by atoms with van der Waals surface area (Å²) >= 11 is 0. The summed E-state index contributed by atoms with van der Waals surface area (Å²) in [6.45, 7) is 30.1. The highest BCUT2D eigenvalue weighted by Crippen LogP contribution is 2.46. The first-order chi connectivity index (χ1) is 23.4. The molecule has 7 aromatic rings. The van der Waals surface area contributed by atoms with Crippen molar-refractivity contribution in [3.8, 4) is 22.3 Å². The highest BCUT2D eigenvalue weighted by molar-refractivity contribution is 6.94. The average molecular weight is 719 g/mol. The van der Waals surface area contributed by atoms with E-state index in [1.165, 1.54) is 65.3 Å². The Morgan fingerprint density at radius 2 is 0.480 bits per heavy atom. The molecule has 0 unspecified atom stereocenters. The third kappa shape index (κ3) is 5.98. The minimum atomic E-state index is -1.66. The molecule has 0 N–H and O–H groups in total. The summed E-state index contributed by atoms with van der Waals surface area (Å²) in [6, 6.07) is 43.0. The zero-order valence-electron chi connectivity index (χ0n) is 32.4. The Balaban J connectivity index is 1.84. The molecule has 0 saturated heterocycles. The summed E-state index contributed by atoms with van der Waals surface area (Å²) in [4.78, 5) is 0. The molecule has 50 heavy (non-hydrogen) atoms. The first-order valence-electron chi connectivity index (χ1n) is 18.5. The molecule has 0 nitrogen and oxygen atoms in total. The highest BCUT2D eigenvalue weighted by atomic mass is 28.3. The summed E-state index contributed by atoms with van der Waals surface area (Å²) in [5, 5.41) is 17.6. The van der Waals surface area contributed by atoms with Crippen LogP contribution in [0, 0.1) is 0 Å². The Kier molecular flexibility index (Phi) is 8.38. The SMILES string of the molecule is C[Si](C)(C)c1ccc([Si](C)(C)C)c2cc3c(-c4ccccc4)c4cc5c([Si](C)(C)C)ccc([Si](C)(C)C)c5cc4c(-c4ccccc4)c3cc12. The molecule has 0 bridgehead atoms. The lowest BCUT2D eigenvalue weighted by molar-refractivity contribution is 1.66. The third-order valence-corrected chi connectivity index (χ3v) is 19.0. The van der Waals surface area contributed by atoms with Gasteiger partial charge >= 0.3 is 0 Å². The predicted molar refractivity (Wildman–Crippen MR) is 239 cm³/mol. The molecule has 0 aliphatic carbocycles. The molecule has 0 aliphatic rings. The maximum atomic E-state index is 2.62. The molecule has 254 valence electrons. The number of hydrogen-bond donors (Lipinski definition) is 0. The smallest absolute Gasteiger partial charge is 0.0656 e. The second-order valence-electron chi connectivity index (χ2n) is 18.7. The van der Waals surface area contributed by atoms with Crippen LogP contribution in [0.4, 0.5) is 0 Å². The standard InChI is InChI=1S/C46H54Si4/c1-47(2,3)41-23-24-42(48(4,5)6)34-28-38-37(27-33(34)41)45(31-19-15-13-16-20-31)39-29-35-36(30-40(39)46(38)32-21-17-14-18-22-32)44(50(10,11)12)26-25-43(35)49(7,8)9/h13-30H,1-12H3. The highest BCUT2D eigenvalue weighted by Gasteiger charge is 2.29. The van der Waals surface area contributed by atoms with Crippen molar-refractivity contribution < 1.29 is 0 Å². The van der Waals surface area contributed by atoms with Crippen LogP contribution in [0.3, 0.4) is 0 Å². The average Bonchev–Trinajstić information content (AvgIpc) is 3.03. The van der Waals surface area contributed by atoms with Crippen LogP contribution in [0.1, 0.15) is 0 Å².